The van der Waals surface area contributed by atoms with Crippen LogP contribution in [0.3, 0.4) is 0 Å². The van der Waals surface area contributed by atoms with Crippen LogP contribution in [0.4, 0.5) is 5.69 Å². The molecule has 3 aliphatic heterocycles. The van der Waals surface area contributed by atoms with Gasteiger partial charge >= 0.3 is 0 Å². The molecule has 3 saturated heterocycles. The number of benzene rings is 2. The number of rotatable bonds is 12. The SMILES string of the molecule is C=CCN(C(=O)[C@@H]1[C@H]2C(=O)N([C@H](CO)c3ccccc3)C(C(=O)N(CC=C)C(C)C)C23CC[C@@]1(CC)O3)c1ccccc1. The summed E-state index contributed by atoms with van der Waals surface area (Å²) in [7, 11) is 0. The Kier molecular flexibility index (Phi) is 8.63. The molecule has 3 aliphatic rings. The number of ether oxygens (including phenoxy) is 1. The Labute approximate surface area is 254 Å². The minimum Gasteiger partial charge on any atom is -0.394 e. The van der Waals surface area contributed by atoms with E-state index in [1.807, 2.05) is 81.4 Å². The predicted octanol–water partition coefficient (Wildman–Crippen LogP) is 4.52. The van der Waals surface area contributed by atoms with E-state index in [9.17, 15) is 19.5 Å². The molecule has 3 fully saturated rings. The number of fused-ring (bicyclic) bond motifs is 1. The number of hydrogen-bond donors (Lipinski definition) is 1. The fourth-order valence-corrected chi connectivity index (χ4v) is 7.75. The second-order valence-electron chi connectivity index (χ2n) is 12.1. The lowest BCUT2D eigenvalue weighted by Gasteiger charge is -2.40. The molecule has 0 radical (unpaired) electrons. The Bertz CT molecular complexity index is 1360. The molecule has 3 heterocycles. The van der Waals surface area contributed by atoms with Gasteiger partial charge in [0.05, 0.1) is 30.1 Å². The molecule has 228 valence electrons. The Morgan fingerprint density at radius 2 is 1.65 bits per heavy atom. The maximum absolute atomic E-state index is 14.9. The van der Waals surface area contributed by atoms with E-state index in [-0.39, 0.29) is 36.9 Å². The third kappa shape index (κ3) is 4.81. The van der Waals surface area contributed by atoms with Crippen LogP contribution in [0.5, 0.6) is 0 Å². The first-order valence-electron chi connectivity index (χ1n) is 15.3. The lowest BCUT2D eigenvalue weighted by Crippen LogP contribution is -2.58. The third-order valence-corrected chi connectivity index (χ3v) is 9.69. The largest absolute Gasteiger partial charge is 0.394 e. The normalized spacial score (nSPS) is 28.1. The summed E-state index contributed by atoms with van der Waals surface area (Å²) in [5, 5.41) is 10.8. The Morgan fingerprint density at radius 1 is 1.02 bits per heavy atom. The maximum atomic E-state index is 14.9. The number of hydrogen-bond acceptors (Lipinski definition) is 5. The fourth-order valence-electron chi connectivity index (χ4n) is 7.75. The van der Waals surface area contributed by atoms with E-state index in [1.54, 1.807) is 22.0 Å². The number of carbonyl (C=O) groups is 3. The molecule has 2 unspecified atom stereocenters. The average molecular weight is 586 g/mol. The second-order valence-corrected chi connectivity index (χ2v) is 12.1. The van der Waals surface area contributed by atoms with E-state index in [0.29, 0.717) is 37.1 Å². The molecule has 8 nitrogen and oxygen atoms in total. The van der Waals surface area contributed by atoms with Crippen molar-refractivity contribution in [2.45, 2.75) is 69.4 Å². The van der Waals surface area contributed by atoms with Crippen molar-refractivity contribution in [1.82, 2.24) is 9.80 Å². The minimum absolute atomic E-state index is 0.167. The zero-order valence-corrected chi connectivity index (χ0v) is 25.4. The molecular formula is C35H43N3O5. The highest BCUT2D eigenvalue weighted by atomic mass is 16.5. The Morgan fingerprint density at radius 3 is 2.21 bits per heavy atom. The molecule has 8 heteroatoms. The molecule has 43 heavy (non-hydrogen) atoms. The van der Waals surface area contributed by atoms with Crippen molar-refractivity contribution in [1.29, 1.82) is 0 Å². The summed E-state index contributed by atoms with van der Waals surface area (Å²) in [5.74, 6) is -2.49. The molecule has 5 rings (SSSR count). The summed E-state index contributed by atoms with van der Waals surface area (Å²) in [6, 6.07) is 16.7. The summed E-state index contributed by atoms with van der Waals surface area (Å²) in [6.45, 7) is 13.8. The van der Waals surface area contributed by atoms with Gasteiger partial charge < -0.3 is 24.5 Å². The van der Waals surface area contributed by atoms with Gasteiger partial charge in [0.15, 0.2) is 0 Å². The van der Waals surface area contributed by atoms with Gasteiger partial charge in [0.1, 0.15) is 11.6 Å². The van der Waals surface area contributed by atoms with Crippen molar-refractivity contribution in [3.63, 3.8) is 0 Å². The van der Waals surface area contributed by atoms with Crippen molar-refractivity contribution >= 4 is 23.4 Å². The van der Waals surface area contributed by atoms with Crippen molar-refractivity contribution in [3.8, 4) is 0 Å². The van der Waals surface area contributed by atoms with Gasteiger partial charge in [-0.25, -0.2) is 0 Å². The topological polar surface area (TPSA) is 90.4 Å². The monoisotopic (exact) mass is 585 g/mol. The zero-order chi connectivity index (χ0) is 30.9. The zero-order valence-electron chi connectivity index (χ0n) is 25.4. The van der Waals surface area contributed by atoms with Gasteiger partial charge in [-0.1, -0.05) is 67.6 Å². The molecule has 2 aromatic rings. The van der Waals surface area contributed by atoms with Crippen molar-refractivity contribution in [2.75, 3.05) is 24.6 Å². The van der Waals surface area contributed by atoms with Gasteiger partial charge in [-0.2, -0.15) is 0 Å². The highest BCUT2D eigenvalue weighted by molar-refractivity contribution is 6.03. The quantitative estimate of drug-likeness (QED) is 0.370. The first-order valence-corrected chi connectivity index (χ1v) is 15.3. The van der Waals surface area contributed by atoms with Gasteiger partial charge in [-0.15, -0.1) is 13.2 Å². The predicted molar refractivity (Wildman–Crippen MR) is 166 cm³/mol. The van der Waals surface area contributed by atoms with Crippen LogP contribution in [0.1, 0.15) is 51.6 Å². The smallest absolute Gasteiger partial charge is 0.248 e. The van der Waals surface area contributed by atoms with Crippen LogP contribution in [0, 0.1) is 11.8 Å². The first-order chi connectivity index (χ1) is 20.7. The molecule has 0 aromatic heterocycles. The standard InChI is InChI=1S/C35H43N3O5/c1-6-21-36(24(4)5)33(42)30-35-20-19-34(8-3,43-35)28(31(40)37(22-7-2)26-17-13-10-14-18-26)29(35)32(41)38(30)27(23-39)25-15-11-9-12-16-25/h6-7,9-18,24,27-30,39H,1-2,8,19-23H2,3-5H3/t27-,28+,29+,30?,34-,35?/m1/s1. The van der Waals surface area contributed by atoms with Crippen LogP contribution >= 0.6 is 0 Å². The number of amides is 3. The first kappa shape index (κ1) is 30.7. The van der Waals surface area contributed by atoms with Crippen LogP contribution in [0.2, 0.25) is 0 Å². The van der Waals surface area contributed by atoms with Gasteiger partial charge in [0, 0.05) is 24.8 Å². The molecule has 1 N–H and O–H groups in total. The molecule has 1 spiro atoms. The Balaban J connectivity index is 1.68. The summed E-state index contributed by atoms with van der Waals surface area (Å²) in [5.41, 5.74) is -0.677. The summed E-state index contributed by atoms with van der Waals surface area (Å²) in [6.07, 6.45) is 4.89. The molecule has 6 atom stereocenters. The van der Waals surface area contributed by atoms with Gasteiger partial charge in [-0.05, 0) is 50.8 Å². The van der Waals surface area contributed by atoms with Crippen molar-refractivity contribution in [3.05, 3.63) is 91.5 Å². The number of para-hydroxylation sites is 1. The lowest BCUT2D eigenvalue weighted by atomic mass is 9.64. The third-order valence-electron chi connectivity index (χ3n) is 9.69. The van der Waals surface area contributed by atoms with E-state index in [2.05, 4.69) is 13.2 Å². The van der Waals surface area contributed by atoms with Crippen LogP contribution in [-0.2, 0) is 19.1 Å². The minimum atomic E-state index is -1.21. The number of nitrogens with zero attached hydrogens (tertiary/aromatic N) is 3. The van der Waals surface area contributed by atoms with Crippen molar-refractivity contribution in [2.24, 2.45) is 11.8 Å². The van der Waals surface area contributed by atoms with Gasteiger partial charge in [-0.3, -0.25) is 14.4 Å². The van der Waals surface area contributed by atoms with E-state index < -0.39 is 35.1 Å². The molecule has 0 aliphatic carbocycles. The van der Waals surface area contributed by atoms with Gasteiger partial charge in [0.2, 0.25) is 17.7 Å². The fraction of sp³-hybridized carbons (Fsp3) is 0.457. The Hall–Kier alpha value is -3.75. The molecule has 0 saturated carbocycles. The van der Waals surface area contributed by atoms with Crippen LogP contribution < -0.4 is 4.90 Å². The summed E-state index contributed by atoms with van der Waals surface area (Å²) >= 11 is 0. The molecule has 2 bridgehead atoms. The lowest BCUT2D eigenvalue weighted by molar-refractivity contribution is -0.157. The van der Waals surface area contributed by atoms with Crippen LogP contribution in [0.15, 0.2) is 86.0 Å². The van der Waals surface area contributed by atoms with Crippen LogP contribution in [0.25, 0.3) is 0 Å². The van der Waals surface area contributed by atoms with E-state index in [0.717, 1.165) is 0 Å². The summed E-state index contributed by atoms with van der Waals surface area (Å²) < 4.78 is 7.00. The highest BCUT2D eigenvalue weighted by Crippen LogP contribution is 2.65. The maximum Gasteiger partial charge on any atom is 0.248 e. The second kappa shape index (κ2) is 12.1. The van der Waals surface area contributed by atoms with Crippen molar-refractivity contribution < 1.29 is 24.2 Å². The van der Waals surface area contributed by atoms with Crippen LogP contribution in [-0.4, -0.2) is 75.6 Å². The number of aliphatic hydroxyl groups excluding tert-OH is 1. The number of anilines is 1. The summed E-state index contributed by atoms with van der Waals surface area (Å²) in [4.78, 5) is 49.1. The molecule has 2 aromatic carbocycles. The number of carbonyl (C=O) groups excluding carboxylic acids is 3. The van der Waals surface area contributed by atoms with E-state index >= 15 is 0 Å². The molecular weight excluding hydrogens is 542 g/mol. The van der Waals surface area contributed by atoms with E-state index in [4.69, 9.17) is 4.74 Å². The number of likely N-dealkylation sites (tertiary alicyclic amines) is 1. The highest BCUT2D eigenvalue weighted by Gasteiger charge is 2.79. The average Bonchev–Trinajstić information content (AvgIpc) is 3.63. The molecule has 3 amide bonds. The van der Waals surface area contributed by atoms with E-state index in [1.165, 1.54) is 4.90 Å². The van der Waals surface area contributed by atoms with Gasteiger partial charge in [0.25, 0.3) is 0 Å². The number of aliphatic hydroxyl groups is 1.